The third-order valence-corrected chi connectivity index (χ3v) is 5.45. The fraction of sp³-hybridized carbons (Fsp3) is 0.500. The van der Waals surface area contributed by atoms with Gasteiger partial charge in [0.1, 0.15) is 11.6 Å². The minimum atomic E-state index is -3.06. The van der Waals surface area contributed by atoms with Gasteiger partial charge in [0.05, 0.1) is 16.8 Å². The van der Waals surface area contributed by atoms with Crippen molar-refractivity contribution >= 4 is 20.9 Å². The molecule has 0 spiro atoms. The zero-order valence-corrected chi connectivity index (χ0v) is 11.6. The number of benzene rings is 1. The Labute approximate surface area is 113 Å². The Balaban J connectivity index is 1.75. The number of sulfone groups is 1. The van der Waals surface area contributed by atoms with Gasteiger partial charge in [0.2, 0.25) is 0 Å². The molecule has 1 aromatic carbocycles. The number of nitrogens with one attached hydrogen (secondary N) is 1. The molecule has 1 N–H and O–H groups in total. The predicted molar refractivity (Wildman–Crippen MR) is 75.5 cm³/mol. The molecule has 102 valence electrons. The van der Waals surface area contributed by atoms with Crippen LogP contribution in [0.4, 0.5) is 0 Å². The monoisotopic (exact) mass is 278 g/mol. The van der Waals surface area contributed by atoms with Crippen molar-refractivity contribution in [2.24, 2.45) is 5.92 Å². The van der Waals surface area contributed by atoms with Crippen molar-refractivity contribution in [3.8, 4) is 0 Å². The Morgan fingerprint density at radius 2 is 1.95 bits per heavy atom. The van der Waals surface area contributed by atoms with Crippen LogP contribution in [0.2, 0.25) is 0 Å². The molecule has 0 amide bonds. The third-order valence-electron chi connectivity index (χ3n) is 3.76. The van der Waals surface area contributed by atoms with Crippen molar-refractivity contribution in [1.29, 1.82) is 0 Å². The highest BCUT2D eigenvalue weighted by molar-refractivity contribution is 7.90. The zero-order valence-electron chi connectivity index (χ0n) is 10.8. The molecule has 3 rings (SSSR count). The van der Waals surface area contributed by atoms with Crippen molar-refractivity contribution in [3.05, 3.63) is 30.1 Å². The highest BCUT2D eigenvalue weighted by Crippen LogP contribution is 2.26. The van der Waals surface area contributed by atoms with E-state index in [9.17, 15) is 8.42 Å². The first-order chi connectivity index (χ1) is 9.12. The molecule has 1 heterocycles. The van der Waals surface area contributed by atoms with Gasteiger partial charge in [-0.15, -0.1) is 0 Å². The van der Waals surface area contributed by atoms with Crippen LogP contribution in [0.25, 0.3) is 11.0 Å². The summed E-state index contributed by atoms with van der Waals surface area (Å²) in [4.78, 5) is 7.42. The SMILES string of the molecule is O=S(=O)(Cc1nc2ccccc2[nH]1)CC1CCCC1. The maximum atomic E-state index is 12.2. The Bertz CT molecular complexity index is 637. The maximum Gasteiger partial charge on any atom is 0.157 e. The van der Waals surface area contributed by atoms with Crippen molar-refractivity contribution in [2.75, 3.05) is 5.75 Å². The number of H-pyrrole nitrogens is 1. The molecule has 2 aromatic rings. The molecule has 4 nitrogen and oxygen atoms in total. The molecular formula is C14H18N2O2S. The molecule has 1 fully saturated rings. The summed E-state index contributed by atoms with van der Waals surface area (Å²) in [6, 6.07) is 7.62. The lowest BCUT2D eigenvalue weighted by atomic mass is 10.1. The molecule has 0 atom stereocenters. The summed E-state index contributed by atoms with van der Waals surface area (Å²) in [7, 11) is -3.06. The molecule has 1 aromatic heterocycles. The molecule has 0 radical (unpaired) electrons. The van der Waals surface area contributed by atoms with Gasteiger partial charge in [0.25, 0.3) is 0 Å². The van der Waals surface area contributed by atoms with Gasteiger partial charge in [-0.2, -0.15) is 0 Å². The van der Waals surface area contributed by atoms with Gasteiger partial charge < -0.3 is 4.98 Å². The minimum Gasteiger partial charge on any atom is -0.341 e. The lowest BCUT2D eigenvalue weighted by Crippen LogP contribution is -2.16. The van der Waals surface area contributed by atoms with Crippen LogP contribution < -0.4 is 0 Å². The molecule has 0 saturated heterocycles. The number of nitrogens with zero attached hydrogens (tertiary/aromatic N) is 1. The molecule has 19 heavy (non-hydrogen) atoms. The summed E-state index contributed by atoms with van der Waals surface area (Å²) < 4.78 is 24.3. The summed E-state index contributed by atoms with van der Waals surface area (Å²) in [5.41, 5.74) is 1.72. The number of aromatic nitrogens is 2. The number of aromatic amines is 1. The van der Waals surface area contributed by atoms with E-state index < -0.39 is 9.84 Å². The summed E-state index contributed by atoms with van der Waals surface area (Å²) >= 11 is 0. The number of rotatable bonds is 4. The number of imidazole rings is 1. The second-order valence-corrected chi connectivity index (χ2v) is 7.51. The Morgan fingerprint density at radius 1 is 1.21 bits per heavy atom. The van der Waals surface area contributed by atoms with Crippen LogP contribution >= 0.6 is 0 Å². The fourth-order valence-electron chi connectivity index (χ4n) is 2.88. The molecule has 5 heteroatoms. The second kappa shape index (κ2) is 4.96. The van der Waals surface area contributed by atoms with E-state index in [1.165, 1.54) is 12.8 Å². The predicted octanol–water partition coefficient (Wildman–Crippen LogP) is 2.67. The number of hydrogen-bond acceptors (Lipinski definition) is 3. The number of hydrogen-bond donors (Lipinski definition) is 1. The number of para-hydroxylation sites is 2. The maximum absolute atomic E-state index is 12.2. The first-order valence-electron chi connectivity index (χ1n) is 6.76. The largest absolute Gasteiger partial charge is 0.341 e. The lowest BCUT2D eigenvalue weighted by molar-refractivity contribution is 0.557. The summed E-state index contributed by atoms with van der Waals surface area (Å²) in [5, 5.41) is 0. The zero-order chi connectivity index (χ0) is 13.3. The van der Waals surface area contributed by atoms with E-state index in [1.807, 2.05) is 24.3 Å². The highest BCUT2D eigenvalue weighted by atomic mass is 32.2. The van der Waals surface area contributed by atoms with E-state index in [1.54, 1.807) is 0 Å². The second-order valence-electron chi connectivity index (χ2n) is 5.41. The van der Waals surface area contributed by atoms with E-state index >= 15 is 0 Å². The molecule has 1 saturated carbocycles. The van der Waals surface area contributed by atoms with Gasteiger partial charge in [-0.1, -0.05) is 25.0 Å². The van der Waals surface area contributed by atoms with Crippen LogP contribution in [-0.2, 0) is 15.6 Å². The molecule has 1 aliphatic rings. The van der Waals surface area contributed by atoms with Gasteiger partial charge in [-0.05, 0) is 30.9 Å². The quantitative estimate of drug-likeness (QED) is 0.935. The number of fused-ring (bicyclic) bond motifs is 1. The summed E-state index contributed by atoms with van der Waals surface area (Å²) in [5.74, 6) is 1.25. The first-order valence-corrected chi connectivity index (χ1v) is 8.58. The van der Waals surface area contributed by atoms with Crippen LogP contribution in [0.3, 0.4) is 0 Å². The average Bonchev–Trinajstić information content (AvgIpc) is 2.95. The first kappa shape index (κ1) is 12.7. The summed E-state index contributed by atoms with van der Waals surface area (Å²) in [6.07, 6.45) is 4.45. The Hall–Kier alpha value is -1.36. The van der Waals surface area contributed by atoms with Gasteiger partial charge in [-0.25, -0.2) is 13.4 Å². The lowest BCUT2D eigenvalue weighted by Gasteiger charge is -2.08. The van der Waals surface area contributed by atoms with Crippen molar-refractivity contribution in [2.45, 2.75) is 31.4 Å². The van der Waals surface area contributed by atoms with Crippen molar-refractivity contribution in [1.82, 2.24) is 9.97 Å². The molecule has 0 bridgehead atoms. The van der Waals surface area contributed by atoms with Gasteiger partial charge in [0.15, 0.2) is 9.84 Å². The molecule has 0 unspecified atom stereocenters. The smallest absolute Gasteiger partial charge is 0.157 e. The Morgan fingerprint density at radius 3 is 2.68 bits per heavy atom. The van der Waals surface area contributed by atoms with Crippen LogP contribution in [0.5, 0.6) is 0 Å². The van der Waals surface area contributed by atoms with Crippen molar-refractivity contribution < 1.29 is 8.42 Å². The highest BCUT2D eigenvalue weighted by Gasteiger charge is 2.23. The normalized spacial score (nSPS) is 17.3. The van der Waals surface area contributed by atoms with Crippen LogP contribution in [-0.4, -0.2) is 24.1 Å². The topological polar surface area (TPSA) is 62.8 Å². The van der Waals surface area contributed by atoms with Crippen LogP contribution in [0.1, 0.15) is 31.5 Å². The summed E-state index contributed by atoms with van der Waals surface area (Å²) in [6.45, 7) is 0. The minimum absolute atomic E-state index is 0.0260. The molecule has 1 aliphatic carbocycles. The van der Waals surface area contributed by atoms with Crippen LogP contribution in [0.15, 0.2) is 24.3 Å². The van der Waals surface area contributed by atoms with E-state index in [0.29, 0.717) is 17.5 Å². The van der Waals surface area contributed by atoms with E-state index in [0.717, 1.165) is 23.9 Å². The van der Waals surface area contributed by atoms with Gasteiger partial charge in [0, 0.05) is 0 Å². The molecule has 0 aliphatic heterocycles. The van der Waals surface area contributed by atoms with Gasteiger partial charge in [-0.3, -0.25) is 0 Å². The average molecular weight is 278 g/mol. The fourth-order valence-corrected chi connectivity index (χ4v) is 4.60. The van der Waals surface area contributed by atoms with E-state index in [-0.39, 0.29) is 5.75 Å². The Kier molecular flexibility index (Phi) is 3.31. The van der Waals surface area contributed by atoms with Crippen LogP contribution in [0, 0.1) is 5.92 Å². The third kappa shape index (κ3) is 2.97. The molecular weight excluding hydrogens is 260 g/mol. The van der Waals surface area contributed by atoms with Crippen molar-refractivity contribution in [3.63, 3.8) is 0 Å². The standard InChI is InChI=1S/C14H18N2O2S/c17-19(18,9-11-5-1-2-6-11)10-14-15-12-7-3-4-8-13(12)16-14/h3-4,7-8,11H,1-2,5-6,9-10H2,(H,15,16). The van der Waals surface area contributed by atoms with Gasteiger partial charge >= 0.3 is 0 Å². The van der Waals surface area contributed by atoms with E-state index in [2.05, 4.69) is 9.97 Å². The van der Waals surface area contributed by atoms with E-state index in [4.69, 9.17) is 0 Å².